The number of aliphatic hydroxyl groups is 1. The van der Waals surface area contributed by atoms with Crippen molar-refractivity contribution in [1.82, 2.24) is 4.90 Å². The maximum absolute atomic E-state index is 10.3. The van der Waals surface area contributed by atoms with E-state index in [1.54, 1.807) is 12.1 Å². The first-order chi connectivity index (χ1) is 9.40. The highest BCUT2D eigenvalue weighted by Gasteiger charge is 2.20. The summed E-state index contributed by atoms with van der Waals surface area (Å²) in [6.07, 6.45) is 4.37. The second-order valence-corrected chi connectivity index (χ2v) is 5.37. The van der Waals surface area contributed by atoms with Gasteiger partial charge in [-0.05, 0) is 64.0 Å². The number of benzene rings is 1. The Bertz CT molecular complexity index is 423. The second kappa shape index (κ2) is 9.60. The molecule has 120 valence electrons. The molecule has 0 aliphatic heterocycles. The number of carboxylic acid groups (broad SMARTS) is 1. The normalized spacial score (nSPS) is 21.0. The number of hydrogen-bond acceptors (Lipinski definition) is 4. The molecule has 0 bridgehead atoms. The molecule has 0 saturated heterocycles. The molecule has 1 aromatic carbocycles. The molecule has 2 unspecified atom stereocenters. The van der Waals surface area contributed by atoms with Gasteiger partial charge in [0.05, 0.1) is 11.7 Å². The summed E-state index contributed by atoms with van der Waals surface area (Å²) in [6, 6.07) is 6.67. The number of nitrogens with zero attached hydrogens (tertiary/aromatic N) is 1. The maximum Gasteiger partial charge on any atom is 0.335 e. The van der Waals surface area contributed by atoms with E-state index in [0.29, 0.717) is 11.7 Å². The third-order valence-electron chi connectivity index (χ3n) is 3.51. The van der Waals surface area contributed by atoms with Crippen molar-refractivity contribution in [3.05, 3.63) is 29.8 Å². The minimum atomic E-state index is -0.931. The van der Waals surface area contributed by atoms with E-state index in [2.05, 4.69) is 19.0 Å². The number of carboxylic acids is 1. The highest BCUT2D eigenvalue weighted by Crippen LogP contribution is 2.20. The monoisotopic (exact) mass is 316 g/mol. The van der Waals surface area contributed by atoms with Gasteiger partial charge in [-0.15, -0.1) is 12.4 Å². The third kappa shape index (κ3) is 7.32. The summed E-state index contributed by atoms with van der Waals surface area (Å²) in [7, 11) is 4.17. The van der Waals surface area contributed by atoms with E-state index in [9.17, 15) is 9.90 Å². The smallest absolute Gasteiger partial charge is 0.335 e. The largest absolute Gasteiger partial charge is 0.478 e. The van der Waals surface area contributed by atoms with Gasteiger partial charge in [0.25, 0.3) is 0 Å². The Morgan fingerprint density at radius 1 is 1.24 bits per heavy atom. The number of nitrogen functional groups attached to an aromatic ring is 1. The summed E-state index contributed by atoms with van der Waals surface area (Å²) in [5.41, 5.74) is 6.17. The van der Waals surface area contributed by atoms with E-state index in [-0.39, 0.29) is 24.1 Å². The summed E-state index contributed by atoms with van der Waals surface area (Å²) < 4.78 is 0. The Balaban J connectivity index is 0.000000364. The number of aliphatic hydroxyl groups excluding tert-OH is 1. The van der Waals surface area contributed by atoms with Gasteiger partial charge >= 0.3 is 5.97 Å². The van der Waals surface area contributed by atoms with Gasteiger partial charge in [0.1, 0.15) is 0 Å². The molecule has 1 aromatic rings. The Hall–Kier alpha value is -1.30. The molecule has 0 radical (unpaired) electrons. The minimum absolute atomic E-state index is 0. The molecule has 0 heterocycles. The molecule has 4 N–H and O–H groups in total. The molecule has 1 aliphatic rings. The van der Waals surface area contributed by atoms with E-state index in [0.717, 1.165) is 12.8 Å². The van der Waals surface area contributed by atoms with Crippen molar-refractivity contribution < 1.29 is 15.0 Å². The first kappa shape index (κ1) is 19.7. The van der Waals surface area contributed by atoms with Crippen molar-refractivity contribution in [2.75, 3.05) is 19.8 Å². The van der Waals surface area contributed by atoms with Gasteiger partial charge in [0, 0.05) is 11.7 Å². The zero-order valence-electron chi connectivity index (χ0n) is 12.5. The summed E-state index contributed by atoms with van der Waals surface area (Å²) in [4.78, 5) is 12.5. The molecule has 5 nitrogen and oxygen atoms in total. The fourth-order valence-corrected chi connectivity index (χ4v) is 2.23. The van der Waals surface area contributed by atoms with E-state index in [4.69, 9.17) is 10.8 Å². The van der Waals surface area contributed by atoms with Crippen LogP contribution >= 0.6 is 12.4 Å². The number of anilines is 1. The SMILES string of the molecule is CN(C)C1CCCC(O)C1.Cl.Nc1ccc(C(=O)O)cc1. The van der Waals surface area contributed by atoms with Crippen LogP contribution in [0.4, 0.5) is 5.69 Å². The lowest BCUT2D eigenvalue weighted by Crippen LogP contribution is -2.34. The van der Waals surface area contributed by atoms with Crippen molar-refractivity contribution in [2.45, 2.75) is 37.8 Å². The maximum atomic E-state index is 10.3. The molecule has 2 rings (SSSR count). The lowest BCUT2D eigenvalue weighted by molar-refractivity contribution is 0.0696. The highest BCUT2D eigenvalue weighted by molar-refractivity contribution is 5.87. The van der Waals surface area contributed by atoms with Crippen LogP contribution in [0.3, 0.4) is 0 Å². The average Bonchev–Trinajstić information content (AvgIpc) is 2.40. The fraction of sp³-hybridized carbons (Fsp3) is 0.533. The molecule has 0 spiro atoms. The van der Waals surface area contributed by atoms with Crippen LogP contribution in [0.15, 0.2) is 24.3 Å². The van der Waals surface area contributed by atoms with E-state index >= 15 is 0 Å². The van der Waals surface area contributed by atoms with Crippen LogP contribution in [-0.4, -0.2) is 47.3 Å². The minimum Gasteiger partial charge on any atom is -0.478 e. The van der Waals surface area contributed by atoms with Gasteiger partial charge in [-0.25, -0.2) is 4.79 Å². The predicted octanol–water partition coefficient (Wildman–Crippen LogP) is 2.24. The van der Waals surface area contributed by atoms with Crippen LogP contribution in [0.1, 0.15) is 36.0 Å². The van der Waals surface area contributed by atoms with Crippen LogP contribution in [0, 0.1) is 0 Å². The van der Waals surface area contributed by atoms with Gasteiger partial charge in [0.15, 0.2) is 0 Å². The van der Waals surface area contributed by atoms with Gasteiger partial charge < -0.3 is 20.8 Å². The molecular formula is C15H25ClN2O3. The van der Waals surface area contributed by atoms with Gasteiger partial charge in [-0.3, -0.25) is 0 Å². The van der Waals surface area contributed by atoms with E-state index < -0.39 is 5.97 Å². The van der Waals surface area contributed by atoms with Gasteiger partial charge in [-0.1, -0.05) is 0 Å². The number of rotatable bonds is 2. The first-order valence-corrected chi connectivity index (χ1v) is 6.83. The van der Waals surface area contributed by atoms with E-state index in [1.807, 2.05) is 0 Å². The van der Waals surface area contributed by atoms with Gasteiger partial charge in [-0.2, -0.15) is 0 Å². The Labute approximate surface area is 132 Å². The number of aromatic carboxylic acids is 1. The second-order valence-electron chi connectivity index (χ2n) is 5.37. The van der Waals surface area contributed by atoms with Crippen LogP contribution in [0.5, 0.6) is 0 Å². The Kier molecular flexibility index (Phi) is 9.01. The molecule has 21 heavy (non-hydrogen) atoms. The lowest BCUT2D eigenvalue weighted by atomic mass is 9.92. The molecule has 1 saturated carbocycles. The zero-order valence-corrected chi connectivity index (χ0v) is 13.3. The number of halogens is 1. The first-order valence-electron chi connectivity index (χ1n) is 6.83. The van der Waals surface area contributed by atoms with Crippen molar-refractivity contribution in [3.63, 3.8) is 0 Å². The van der Waals surface area contributed by atoms with Gasteiger partial charge in [0.2, 0.25) is 0 Å². The number of nitrogens with two attached hydrogens (primary N) is 1. The lowest BCUT2D eigenvalue weighted by Gasteiger charge is -2.30. The molecule has 2 atom stereocenters. The third-order valence-corrected chi connectivity index (χ3v) is 3.51. The van der Waals surface area contributed by atoms with Crippen molar-refractivity contribution in [3.8, 4) is 0 Å². The highest BCUT2D eigenvalue weighted by atomic mass is 35.5. The zero-order chi connectivity index (χ0) is 15.1. The fourth-order valence-electron chi connectivity index (χ4n) is 2.23. The number of carbonyl (C=O) groups is 1. The average molecular weight is 317 g/mol. The molecule has 0 amide bonds. The molecule has 1 fully saturated rings. The Morgan fingerprint density at radius 2 is 1.81 bits per heavy atom. The topological polar surface area (TPSA) is 86.8 Å². The molecule has 6 heteroatoms. The van der Waals surface area contributed by atoms with Crippen LogP contribution < -0.4 is 5.73 Å². The number of hydrogen-bond donors (Lipinski definition) is 3. The van der Waals surface area contributed by atoms with E-state index in [1.165, 1.54) is 25.0 Å². The van der Waals surface area contributed by atoms with Crippen molar-refractivity contribution in [2.24, 2.45) is 0 Å². The van der Waals surface area contributed by atoms with Crippen molar-refractivity contribution >= 4 is 24.1 Å². The van der Waals surface area contributed by atoms with Crippen LogP contribution in [-0.2, 0) is 0 Å². The summed E-state index contributed by atoms with van der Waals surface area (Å²) in [5, 5.41) is 17.7. The molecule has 0 aromatic heterocycles. The predicted molar refractivity (Wildman–Crippen MR) is 87.0 cm³/mol. The molecular weight excluding hydrogens is 292 g/mol. The van der Waals surface area contributed by atoms with Crippen LogP contribution in [0.2, 0.25) is 0 Å². The molecule has 1 aliphatic carbocycles. The summed E-state index contributed by atoms with van der Waals surface area (Å²) >= 11 is 0. The summed E-state index contributed by atoms with van der Waals surface area (Å²) in [5.74, 6) is -0.931. The van der Waals surface area contributed by atoms with Crippen LogP contribution in [0.25, 0.3) is 0 Å². The quantitative estimate of drug-likeness (QED) is 0.728. The van der Waals surface area contributed by atoms with Crippen molar-refractivity contribution in [1.29, 1.82) is 0 Å². The Morgan fingerprint density at radius 3 is 2.19 bits per heavy atom. The standard InChI is InChI=1S/C8H17NO.C7H7NO2.ClH/c1-9(2)7-4-3-5-8(10)6-7;8-6-3-1-5(2-4-6)7(9)10;/h7-8,10H,3-6H2,1-2H3;1-4H,8H2,(H,9,10);1H. The summed E-state index contributed by atoms with van der Waals surface area (Å²) in [6.45, 7) is 0.